The van der Waals surface area contributed by atoms with Crippen molar-refractivity contribution >= 4 is 23.4 Å². The van der Waals surface area contributed by atoms with Gasteiger partial charge in [0.15, 0.2) is 11.0 Å². The maximum Gasteiger partial charge on any atom is 0.234 e. The summed E-state index contributed by atoms with van der Waals surface area (Å²) < 4.78 is 7.96. The zero-order valence-electron chi connectivity index (χ0n) is 18.9. The van der Waals surface area contributed by atoms with Crippen molar-refractivity contribution in [1.82, 2.24) is 14.8 Å². The van der Waals surface area contributed by atoms with Crippen LogP contribution < -0.4 is 10.1 Å². The number of hydrogen-bond acceptors (Lipinski definition) is 5. The molecule has 0 aliphatic rings. The van der Waals surface area contributed by atoms with Crippen LogP contribution in [0.2, 0.25) is 0 Å². The van der Waals surface area contributed by atoms with E-state index in [1.54, 1.807) is 0 Å². The lowest BCUT2D eigenvalue weighted by molar-refractivity contribution is -0.113. The van der Waals surface area contributed by atoms with E-state index in [2.05, 4.69) is 35.4 Å². The summed E-state index contributed by atoms with van der Waals surface area (Å²) in [7, 11) is 0. The average molecular weight is 439 g/mol. The topological polar surface area (TPSA) is 69.0 Å². The Kier molecular flexibility index (Phi) is 7.74. The number of carbonyl (C=O) groups excluding carboxylic acids is 1. The lowest BCUT2D eigenvalue weighted by atomic mass is 10.1. The molecule has 0 spiro atoms. The quantitative estimate of drug-likeness (QED) is 0.471. The van der Waals surface area contributed by atoms with Crippen LogP contribution in [0.3, 0.4) is 0 Å². The molecule has 6 nitrogen and oxygen atoms in total. The number of nitrogens with zero attached hydrogens (tertiary/aromatic N) is 3. The van der Waals surface area contributed by atoms with E-state index < -0.39 is 0 Å². The number of aromatic nitrogens is 3. The van der Waals surface area contributed by atoms with Gasteiger partial charge in [0.2, 0.25) is 5.91 Å². The van der Waals surface area contributed by atoms with Crippen molar-refractivity contribution in [2.75, 3.05) is 11.1 Å². The van der Waals surface area contributed by atoms with Crippen LogP contribution in [0.1, 0.15) is 41.9 Å². The van der Waals surface area contributed by atoms with Crippen LogP contribution in [0, 0.1) is 20.8 Å². The van der Waals surface area contributed by atoms with Crippen LogP contribution >= 0.6 is 11.8 Å². The van der Waals surface area contributed by atoms with Gasteiger partial charge >= 0.3 is 0 Å². The molecule has 0 unspecified atom stereocenters. The first-order chi connectivity index (χ1) is 14.9. The Morgan fingerprint density at radius 2 is 1.90 bits per heavy atom. The highest BCUT2D eigenvalue weighted by Crippen LogP contribution is 2.24. The fraction of sp³-hybridized carbons (Fsp3) is 0.375. The largest absolute Gasteiger partial charge is 0.485 e. The van der Waals surface area contributed by atoms with Gasteiger partial charge in [0.1, 0.15) is 12.4 Å². The number of ether oxygens (including phenoxy) is 1. The summed E-state index contributed by atoms with van der Waals surface area (Å²) in [5, 5.41) is 12.3. The summed E-state index contributed by atoms with van der Waals surface area (Å²) in [4.78, 5) is 12.6. The monoisotopic (exact) mass is 438 g/mol. The van der Waals surface area contributed by atoms with Gasteiger partial charge in [-0.2, -0.15) is 0 Å². The number of benzene rings is 2. The summed E-state index contributed by atoms with van der Waals surface area (Å²) in [5.41, 5.74) is 5.42. The molecular weight excluding hydrogens is 408 g/mol. The number of carbonyl (C=O) groups is 1. The smallest absolute Gasteiger partial charge is 0.234 e. The third-order valence-electron chi connectivity index (χ3n) is 5.13. The molecule has 0 saturated carbocycles. The van der Waals surface area contributed by atoms with Gasteiger partial charge in [-0.3, -0.25) is 4.79 Å². The second kappa shape index (κ2) is 10.5. The van der Waals surface area contributed by atoms with E-state index >= 15 is 0 Å². The molecule has 1 aromatic heterocycles. The summed E-state index contributed by atoms with van der Waals surface area (Å²) >= 11 is 1.39. The fourth-order valence-corrected chi connectivity index (χ4v) is 4.28. The normalized spacial score (nSPS) is 10.9. The number of hydrogen-bond donors (Lipinski definition) is 1. The fourth-order valence-electron chi connectivity index (χ4n) is 3.46. The molecular formula is C24H30N4O2S. The minimum absolute atomic E-state index is 0.0484. The lowest BCUT2D eigenvalue weighted by Crippen LogP contribution is -2.17. The van der Waals surface area contributed by atoms with Crippen molar-refractivity contribution < 1.29 is 9.53 Å². The predicted molar refractivity (Wildman–Crippen MR) is 126 cm³/mol. The lowest BCUT2D eigenvalue weighted by Gasteiger charge is -2.13. The third kappa shape index (κ3) is 5.67. The molecule has 7 heteroatoms. The van der Waals surface area contributed by atoms with Crippen LogP contribution in [-0.2, 0) is 24.4 Å². The molecule has 0 fully saturated rings. The van der Waals surface area contributed by atoms with Crippen molar-refractivity contribution in [2.24, 2.45) is 0 Å². The van der Waals surface area contributed by atoms with Gasteiger partial charge < -0.3 is 14.6 Å². The van der Waals surface area contributed by atoms with Gasteiger partial charge in [0.05, 0.1) is 5.75 Å². The van der Waals surface area contributed by atoms with E-state index in [-0.39, 0.29) is 11.7 Å². The minimum Gasteiger partial charge on any atom is -0.485 e. The van der Waals surface area contributed by atoms with Crippen LogP contribution in [0.25, 0.3) is 0 Å². The molecule has 2 aromatic carbocycles. The first-order valence-electron chi connectivity index (χ1n) is 10.6. The van der Waals surface area contributed by atoms with Crippen LogP contribution in [0.15, 0.2) is 41.6 Å². The number of nitrogens with one attached hydrogen (secondary N) is 1. The standard InChI is InChI=1S/C24H30N4O2S/c1-6-19-10-8-9-17(4)23(19)25-22(29)15-31-24-27-26-21(28(24)7-2)14-30-20-12-11-16(3)13-18(20)5/h8-13H,6-7,14-15H2,1-5H3,(H,25,29). The molecule has 0 saturated heterocycles. The van der Waals surface area contributed by atoms with Crippen molar-refractivity contribution in [3.05, 3.63) is 64.5 Å². The maximum atomic E-state index is 12.6. The van der Waals surface area contributed by atoms with Gasteiger partial charge in [-0.25, -0.2) is 0 Å². The second-order valence-electron chi connectivity index (χ2n) is 7.50. The van der Waals surface area contributed by atoms with Crippen molar-refractivity contribution in [3.63, 3.8) is 0 Å². The van der Waals surface area contributed by atoms with Gasteiger partial charge in [0, 0.05) is 12.2 Å². The summed E-state index contributed by atoms with van der Waals surface area (Å²) in [6.45, 7) is 11.3. The Bertz CT molecular complexity index is 1060. The van der Waals surface area contributed by atoms with E-state index in [9.17, 15) is 4.79 Å². The predicted octanol–water partition coefficient (Wildman–Crippen LogP) is 5.10. The minimum atomic E-state index is -0.0484. The molecule has 0 bridgehead atoms. The van der Waals surface area contributed by atoms with Crippen LogP contribution in [-0.4, -0.2) is 26.4 Å². The van der Waals surface area contributed by atoms with E-state index in [0.717, 1.165) is 45.5 Å². The second-order valence-corrected chi connectivity index (χ2v) is 8.44. The maximum absolute atomic E-state index is 12.6. The SMILES string of the molecule is CCc1cccc(C)c1NC(=O)CSc1nnc(COc2ccc(C)cc2C)n1CC. The Balaban J connectivity index is 1.62. The Morgan fingerprint density at radius 3 is 2.61 bits per heavy atom. The zero-order chi connectivity index (χ0) is 22.4. The molecule has 3 aromatic rings. The van der Waals surface area contributed by atoms with Gasteiger partial charge in [-0.15, -0.1) is 10.2 Å². The summed E-state index contributed by atoms with van der Waals surface area (Å²) in [6.07, 6.45) is 0.873. The molecule has 0 radical (unpaired) electrons. The summed E-state index contributed by atoms with van der Waals surface area (Å²) in [5.74, 6) is 1.81. The van der Waals surface area contributed by atoms with Gasteiger partial charge in [-0.1, -0.05) is 54.6 Å². The highest BCUT2D eigenvalue weighted by molar-refractivity contribution is 7.99. The highest BCUT2D eigenvalue weighted by Gasteiger charge is 2.15. The van der Waals surface area contributed by atoms with E-state index in [1.165, 1.54) is 17.3 Å². The van der Waals surface area contributed by atoms with Gasteiger partial charge in [0.25, 0.3) is 0 Å². The first-order valence-corrected chi connectivity index (χ1v) is 11.5. The molecule has 164 valence electrons. The molecule has 0 aliphatic carbocycles. The van der Waals surface area contributed by atoms with Crippen molar-refractivity contribution in [2.45, 2.75) is 59.3 Å². The Hall–Kier alpha value is -2.80. The van der Waals surface area contributed by atoms with Crippen molar-refractivity contribution in [1.29, 1.82) is 0 Å². The van der Waals surface area contributed by atoms with E-state index in [1.807, 2.05) is 55.7 Å². The van der Waals surface area contributed by atoms with E-state index in [0.29, 0.717) is 13.2 Å². The number of para-hydroxylation sites is 1. The number of amides is 1. The number of aryl methyl sites for hydroxylation is 4. The number of rotatable bonds is 9. The van der Waals surface area contributed by atoms with Crippen LogP contribution in [0.5, 0.6) is 5.75 Å². The first kappa shape index (κ1) is 22.9. The zero-order valence-corrected chi connectivity index (χ0v) is 19.7. The Labute approximate surface area is 188 Å². The number of anilines is 1. The molecule has 1 heterocycles. The van der Waals surface area contributed by atoms with E-state index in [4.69, 9.17) is 4.74 Å². The van der Waals surface area contributed by atoms with Crippen molar-refractivity contribution in [3.8, 4) is 5.75 Å². The molecule has 3 rings (SSSR count). The van der Waals surface area contributed by atoms with Gasteiger partial charge in [-0.05, 0) is 56.9 Å². The third-order valence-corrected chi connectivity index (χ3v) is 6.10. The molecule has 1 amide bonds. The number of thioether (sulfide) groups is 1. The highest BCUT2D eigenvalue weighted by atomic mass is 32.2. The molecule has 1 N–H and O–H groups in total. The molecule has 31 heavy (non-hydrogen) atoms. The van der Waals surface area contributed by atoms with Crippen LogP contribution in [0.4, 0.5) is 5.69 Å². The summed E-state index contributed by atoms with van der Waals surface area (Å²) in [6, 6.07) is 12.2. The molecule has 0 aliphatic heterocycles. The average Bonchev–Trinajstić information content (AvgIpc) is 3.14. The molecule has 0 atom stereocenters. The Morgan fingerprint density at radius 1 is 1.10 bits per heavy atom.